The van der Waals surface area contributed by atoms with E-state index in [1.807, 2.05) is 0 Å². The molecule has 0 amide bonds. The lowest BCUT2D eigenvalue weighted by Crippen LogP contribution is -2.23. The van der Waals surface area contributed by atoms with Gasteiger partial charge in [0.05, 0.1) is 0 Å². The van der Waals surface area contributed by atoms with Gasteiger partial charge in [0.1, 0.15) is 0 Å². The molecule has 0 aromatic heterocycles. The number of hydrogen-bond donors (Lipinski definition) is 1. The summed E-state index contributed by atoms with van der Waals surface area (Å²) in [7, 11) is 0. The molecule has 1 aliphatic rings. The Kier molecular flexibility index (Phi) is 2.65. The molecule has 0 bridgehead atoms. The first-order valence-electron chi connectivity index (χ1n) is 5.12. The van der Waals surface area contributed by atoms with Gasteiger partial charge in [-0.05, 0) is 30.9 Å². The lowest BCUT2D eigenvalue weighted by molar-refractivity contribution is 0.581. The van der Waals surface area contributed by atoms with E-state index in [9.17, 15) is 0 Å². The minimum Gasteiger partial charge on any atom is -0.313 e. The molecule has 2 atom stereocenters. The van der Waals surface area contributed by atoms with Crippen LogP contribution < -0.4 is 5.32 Å². The summed E-state index contributed by atoms with van der Waals surface area (Å²) in [5.41, 5.74) is 1.45. The van der Waals surface area contributed by atoms with Crippen molar-refractivity contribution in [2.45, 2.75) is 25.8 Å². The van der Waals surface area contributed by atoms with E-state index in [0.717, 1.165) is 5.92 Å². The second-order valence-electron chi connectivity index (χ2n) is 4.14. The van der Waals surface area contributed by atoms with Gasteiger partial charge in [0.25, 0.3) is 0 Å². The lowest BCUT2D eigenvalue weighted by atomic mass is 10.0. The van der Waals surface area contributed by atoms with Crippen molar-refractivity contribution in [1.29, 1.82) is 0 Å². The van der Waals surface area contributed by atoms with Crippen LogP contribution >= 0.6 is 0 Å². The molecular weight excluding hydrogens is 158 g/mol. The minimum atomic E-state index is 0.706. The Morgan fingerprint density at radius 2 is 2.08 bits per heavy atom. The standard InChI is InChI=1S/C12H17N/c1-10-7-12(13-9-10)8-11-5-3-2-4-6-11/h2-6,10,12-13H,7-9H2,1H3/t10-,12-/m1/s1. The highest BCUT2D eigenvalue weighted by molar-refractivity contribution is 5.16. The van der Waals surface area contributed by atoms with Gasteiger partial charge < -0.3 is 5.32 Å². The van der Waals surface area contributed by atoms with E-state index in [2.05, 4.69) is 42.6 Å². The number of benzene rings is 1. The normalized spacial score (nSPS) is 27.8. The molecule has 1 fully saturated rings. The molecule has 0 spiro atoms. The topological polar surface area (TPSA) is 12.0 Å². The summed E-state index contributed by atoms with van der Waals surface area (Å²) in [6, 6.07) is 11.4. The number of nitrogens with one attached hydrogen (secondary N) is 1. The van der Waals surface area contributed by atoms with Crippen molar-refractivity contribution >= 4 is 0 Å². The van der Waals surface area contributed by atoms with Crippen LogP contribution in [0.2, 0.25) is 0 Å². The monoisotopic (exact) mass is 175 g/mol. The zero-order valence-corrected chi connectivity index (χ0v) is 8.16. The predicted octanol–water partition coefficient (Wildman–Crippen LogP) is 2.23. The maximum atomic E-state index is 3.55. The van der Waals surface area contributed by atoms with Crippen molar-refractivity contribution in [3.8, 4) is 0 Å². The van der Waals surface area contributed by atoms with Gasteiger partial charge in [-0.15, -0.1) is 0 Å². The van der Waals surface area contributed by atoms with Crippen LogP contribution in [0.4, 0.5) is 0 Å². The third-order valence-corrected chi connectivity index (χ3v) is 2.77. The van der Waals surface area contributed by atoms with Crippen molar-refractivity contribution in [3.05, 3.63) is 35.9 Å². The largest absolute Gasteiger partial charge is 0.313 e. The summed E-state index contributed by atoms with van der Waals surface area (Å²) < 4.78 is 0. The van der Waals surface area contributed by atoms with Crippen molar-refractivity contribution in [1.82, 2.24) is 5.32 Å². The summed E-state index contributed by atoms with van der Waals surface area (Å²) in [5.74, 6) is 0.855. The van der Waals surface area contributed by atoms with Gasteiger partial charge in [-0.1, -0.05) is 37.3 Å². The van der Waals surface area contributed by atoms with E-state index >= 15 is 0 Å². The summed E-state index contributed by atoms with van der Waals surface area (Å²) in [6.45, 7) is 3.51. The number of hydrogen-bond acceptors (Lipinski definition) is 1. The smallest absolute Gasteiger partial charge is 0.0111 e. The molecule has 0 unspecified atom stereocenters. The highest BCUT2D eigenvalue weighted by Crippen LogP contribution is 2.16. The van der Waals surface area contributed by atoms with E-state index < -0.39 is 0 Å². The third kappa shape index (κ3) is 2.31. The lowest BCUT2D eigenvalue weighted by Gasteiger charge is -2.09. The fourth-order valence-corrected chi connectivity index (χ4v) is 2.07. The summed E-state index contributed by atoms with van der Waals surface area (Å²) in [4.78, 5) is 0. The molecule has 1 nitrogen and oxygen atoms in total. The van der Waals surface area contributed by atoms with Gasteiger partial charge in [0, 0.05) is 6.04 Å². The first-order valence-corrected chi connectivity index (χ1v) is 5.12. The average molecular weight is 175 g/mol. The van der Waals surface area contributed by atoms with Gasteiger partial charge in [0.2, 0.25) is 0 Å². The van der Waals surface area contributed by atoms with Crippen molar-refractivity contribution in [3.63, 3.8) is 0 Å². The quantitative estimate of drug-likeness (QED) is 0.726. The van der Waals surface area contributed by atoms with Crippen LogP contribution in [0.1, 0.15) is 18.9 Å². The zero-order valence-electron chi connectivity index (χ0n) is 8.16. The molecule has 1 N–H and O–H groups in total. The van der Waals surface area contributed by atoms with Crippen molar-refractivity contribution in [2.75, 3.05) is 6.54 Å². The second-order valence-corrected chi connectivity index (χ2v) is 4.14. The average Bonchev–Trinajstić information content (AvgIpc) is 2.53. The second kappa shape index (κ2) is 3.93. The van der Waals surface area contributed by atoms with E-state index in [1.165, 1.54) is 24.9 Å². The molecule has 0 saturated carbocycles. The van der Waals surface area contributed by atoms with Gasteiger partial charge in [-0.25, -0.2) is 0 Å². The molecule has 1 heterocycles. The molecular formula is C12H17N. The molecule has 2 rings (SSSR count). The minimum absolute atomic E-state index is 0.706. The highest BCUT2D eigenvalue weighted by atomic mass is 14.9. The molecule has 70 valence electrons. The van der Waals surface area contributed by atoms with E-state index in [-0.39, 0.29) is 0 Å². The summed E-state index contributed by atoms with van der Waals surface area (Å²) in [5, 5.41) is 3.55. The molecule has 13 heavy (non-hydrogen) atoms. The van der Waals surface area contributed by atoms with Gasteiger partial charge in [0.15, 0.2) is 0 Å². The van der Waals surface area contributed by atoms with Crippen LogP contribution in [-0.2, 0) is 6.42 Å². The Labute approximate surface area is 80.2 Å². The first kappa shape index (κ1) is 8.76. The van der Waals surface area contributed by atoms with Crippen LogP contribution in [0, 0.1) is 5.92 Å². The Bertz CT molecular complexity index is 255. The first-order chi connectivity index (χ1) is 6.34. The van der Waals surface area contributed by atoms with Crippen LogP contribution in [-0.4, -0.2) is 12.6 Å². The fraction of sp³-hybridized carbons (Fsp3) is 0.500. The molecule has 0 aliphatic carbocycles. The van der Waals surface area contributed by atoms with Crippen LogP contribution in [0.5, 0.6) is 0 Å². The van der Waals surface area contributed by atoms with Crippen LogP contribution in [0.25, 0.3) is 0 Å². The van der Waals surface area contributed by atoms with Crippen molar-refractivity contribution < 1.29 is 0 Å². The van der Waals surface area contributed by atoms with Gasteiger partial charge in [-0.3, -0.25) is 0 Å². The van der Waals surface area contributed by atoms with E-state index in [4.69, 9.17) is 0 Å². The van der Waals surface area contributed by atoms with Crippen molar-refractivity contribution in [2.24, 2.45) is 5.92 Å². The van der Waals surface area contributed by atoms with Crippen LogP contribution in [0.15, 0.2) is 30.3 Å². The fourth-order valence-electron chi connectivity index (χ4n) is 2.07. The van der Waals surface area contributed by atoms with Crippen LogP contribution in [0.3, 0.4) is 0 Å². The Hall–Kier alpha value is -0.820. The molecule has 0 radical (unpaired) electrons. The third-order valence-electron chi connectivity index (χ3n) is 2.77. The predicted molar refractivity (Wildman–Crippen MR) is 55.7 cm³/mol. The Morgan fingerprint density at radius 1 is 1.31 bits per heavy atom. The van der Waals surface area contributed by atoms with E-state index in [1.54, 1.807) is 0 Å². The molecule has 1 aromatic carbocycles. The van der Waals surface area contributed by atoms with E-state index in [0.29, 0.717) is 6.04 Å². The molecule has 1 saturated heterocycles. The Balaban J connectivity index is 1.92. The molecule has 1 aliphatic heterocycles. The maximum Gasteiger partial charge on any atom is 0.0111 e. The zero-order chi connectivity index (χ0) is 9.10. The summed E-state index contributed by atoms with van der Waals surface area (Å²) >= 11 is 0. The Morgan fingerprint density at radius 3 is 2.69 bits per heavy atom. The van der Waals surface area contributed by atoms with Gasteiger partial charge >= 0.3 is 0 Å². The summed E-state index contributed by atoms with van der Waals surface area (Å²) in [6.07, 6.45) is 2.51. The SMILES string of the molecule is C[C@H]1CN[C@@H](Cc2ccccc2)C1. The number of rotatable bonds is 2. The highest BCUT2D eigenvalue weighted by Gasteiger charge is 2.19. The van der Waals surface area contributed by atoms with Gasteiger partial charge in [-0.2, -0.15) is 0 Å². The maximum absolute atomic E-state index is 3.55. The molecule has 1 aromatic rings. The molecule has 1 heteroatoms.